The summed E-state index contributed by atoms with van der Waals surface area (Å²) in [5.41, 5.74) is 0. The molecule has 2 N–H and O–H groups in total. The van der Waals surface area contributed by atoms with Gasteiger partial charge in [0.15, 0.2) is 5.75 Å². The van der Waals surface area contributed by atoms with Crippen molar-refractivity contribution in [1.29, 1.82) is 0 Å². The van der Waals surface area contributed by atoms with Crippen molar-refractivity contribution in [1.82, 2.24) is 4.72 Å². The maximum absolute atomic E-state index is 11.6. The van der Waals surface area contributed by atoms with E-state index in [2.05, 4.69) is 9.46 Å². The smallest absolute Gasteiger partial charge is 0.322 e. The number of carbonyl (C=O) groups excluding carboxylic acids is 1. The first-order valence-corrected chi connectivity index (χ1v) is 7.87. The lowest BCUT2D eigenvalue weighted by Crippen LogP contribution is -2.35. The fraction of sp³-hybridized carbons (Fsp3) is 0.909. The van der Waals surface area contributed by atoms with Gasteiger partial charge in [-0.2, -0.15) is 0 Å². The Balaban J connectivity index is 2.39. The molecule has 1 aliphatic rings. The summed E-state index contributed by atoms with van der Waals surface area (Å²) in [4.78, 5) is 11.1. The molecule has 0 aromatic carbocycles. The molecule has 0 aromatic rings. The van der Waals surface area contributed by atoms with Crippen LogP contribution in [-0.2, 0) is 19.6 Å². The van der Waals surface area contributed by atoms with E-state index in [1.807, 2.05) is 0 Å². The molecular formula is C11H21NO5S. The number of esters is 1. The van der Waals surface area contributed by atoms with Crippen LogP contribution in [0, 0.1) is 11.8 Å². The molecular weight excluding hydrogens is 258 g/mol. The van der Waals surface area contributed by atoms with E-state index in [0.717, 1.165) is 19.3 Å². The summed E-state index contributed by atoms with van der Waals surface area (Å²) < 4.78 is 30.2. The molecule has 0 radical (unpaired) electrons. The Bertz CT molecular complexity index is 368. The van der Waals surface area contributed by atoms with Crippen molar-refractivity contribution in [3.05, 3.63) is 0 Å². The summed E-state index contributed by atoms with van der Waals surface area (Å²) in [6, 6.07) is 0. The van der Waals surface area contributed by atoms with Crippen LogP contribution >= 0.6 is 0 Å². The van der Waals surface area contributed by atoms with Gasteiger partial charge in [-0.05, 0) is 31.6 Å². The van der Waals surface area contributed by atoms with Crippen LogP contribution in [0.4, 0.5) is 0 Å². The van der Waals surface area contributed by atoms with Gasteiger partial charge in [-0.15, -0.1) is 0 Å². The first kappa shape index (κ1) is 15.4. The normalized spacial score (nSPS) is 24.1. The van der Waals surface area contributed by atoms with Gasteiger partial charge in [0, 0.05) is 13.2 Å². The van der Waals surface area contributed by atoms with Gasteiger partial charge in [-0.3, -0.25) is 4.79 Å². The van der Waals surface area contributed by atoms with Crippen LogP contribution in [0.15, 0.2) is 0 Å². The third-order valence-corrected chi connectivity index (χ3v) is 4.45. The summed E-state index contributed by atoms with van der Waals surface area (Å²) in [6.45, 7) is 2.17. The fourth-order valence-corrected chi connectivity index (χ4v) is 3.23. The van der Waals surface area contributed by atoms with E-state index >= 15 is 0 Å². The van der Waals surface area contributed by atoms with Gasteiger partial charge < -0.3 is 9.84 Å². The van der Waals surface area contributed by atoms with E-state index in [9.17, 15) is 13.2 Å². The van der Waals surface area contributed by atoms with E-state index in [-0.39, 0.29) is 31.6 Å². The number of sulfonamides is 1. The van der Waals surface area contributed by atoms with Gasteiger partial charge in [0.2, 0.25) is 10.0 Å². The van der Waals surface area contributed by atoms with Gasteiger partial charge in [-0.25, -0.2) is 13.1 Å². The maximum atomic E-state index is 11.6. The largest absolute Gasteiger partial charge is 0.465 e. The molecule has 0 bridgehead atoms. The van der Waals surface area contributed by atoms with Crippen molar-refractivity contribution < 1.29 is 23.1 Å². The van der Waals surface area contributed by atoms with Crippen LogP contribution in [0.3, 0.4) is 0 Å². The van der Waals surface area contributed by atoms with Gasteiger partial charge in [-0.1, -0.05) is 6.42 Å². The zero-order valence-corrected chi connectivity index (χ0v) is 11.4. The Hall–Kier alpha value is -0.660. The molecule has 6 nitrogen and oxygen atoms in total. The summed E-state index contributed by atoms with van der Waals surface area (Å²) in [5.74, 6) is -1.06. The number of aliphatic hydroxyl groups excluding tert-OH is 1. The molecule has 0 spiro atoms. The van der Waals surface area contributed by atoms with E-state index in [1.165, 1.54) is 0 Å². The SMILES string of the molecule is CCOC(=O)CS(=O)(=O)NCC1CCCC1CO. The molecule has 1 saturated carbocycles. The van der Waals surface area contributed by atoms with Crippen LogP contribution in [0.1, 0.15) is 26.2 Å². The van der Waals surface area contributed by atoms with Crippen molar-refractivity contribution in [3.63, 3.8) is 0 Å². The lowest BCUT2D eigenvalue weighted by molar-refractivity contribution is -0.139. The number of nitrogens with one attached hydrogen (secondary N) is 1. The van der Waals surface area contributed by atoms with Crippen molar-refractivity contribution in [2.75, 3.05) is 25.5 Å². The highest BCUT2D eigenvalue weighted by molar-refractivity contribution is 7.90. The Morgan fingerprint density at radius 2 is 2.06 bits per heavy atom. The summed E-state index contributed by atoms with van der Waals surface area (Å²) >= 11 is 0. The van der Waals surface area contributed by atoms with E-state index in [0.29, 0.717) is 0 Å². The first-order valence-electron chi connectivity index (χ1n) is 6.22. The predicted molar refractivity (Wildman–Crippen MR) is 66.3 cm³/mol. The third kappa shape index (κ3) is 4.91. The van der Waals surface area contributed by atoms with Crippen LogP contribution in [0.25, 0.3) is 0 Å². The van der Waals surface area contributed by atoms with Crippen LogP contribution in [-0.4, -0.2) is 45.0 Å². The fourth-order valence-electron chi connectivity index (χ4n) is 2.27. The van der Waals surface area contributed by atoms with Gasteiger partial charge in [0.05, 0.1) is 6.61 Å². The van der Waals surface area contributed by atoms with Crippen molar-refractivity contribution in [2.45, 2.75) is 26.2 Å². The first-order chi connectivity index (χ1) is 8.48. The molecule has 7 heteroatoms. The Morgan fingerprint density at radius 3 is 2.67 bits per heavy atom. The summed E-state index contributed by atoms with van der Waals surface area (Å²) in [6.07, 6.45) is 2.85. The maximum Gasteiger partial charge on any atom is 0.322 e. The Kier molecular flexibility index (Phi) is 6.04. The van der Waals surface area contributed by atoms with Crippen molar-refractivity contribution in [2.24, 2.45) is 11.8 Å². The Morgan fingerprint density at radius 1 is 1.39 bits per heavy atom. The van der Waals surface area contributed by atoms with Gasteiger partial charge in [0.1, 0.15) is 0 Å². The zero-order chi connectivity index (χ0) is 13.6. The third-order valence-electron chi connectivity index (χ3n) is 3.23. The average molecular weight is 279 g/mol. The second kappa shape index (κ2) is 7.06. The number of hydrogen-bond donors (Lipinski definition) is 2. The second-order valence-corrected chi connectivity index (χ2v) is 6.35. The molecule has 18 heavy (non-hydrogen) atoms. The molecule has 106 valence electrons. The number of rotatable bonds is 7. The second-order valence-electron chi connectivity index (χ2n) is 4.55. The highest BCUT2D eigenvalue weighted by Gasteiger charge is 2.28. The van der Waals surface area contributed by atoms with Crippen molar-refractivity contribution in [3.8, 4) is 0 Å². The predicted octanol–water partition coefficient (Wildman–Crippen LogP) is -0.122. The lowest BCUT2D eigenvalue weighted by atomic mass is 9.97. The van der Waals surface area contributed by atoms with Crippen molar-refractivity contribution >= 4 is 16.0 Å². The monoisotopic (exact) mass is 279 g/mol. The standard InChI is InChI=1S/C11H21NO5S/c1-2-17-11(14)8-18(15,16)12-6-9-4-3-5-10(9)7-13/h9-10,12-13H,2-8H2,1H3. The van der Waals surface area contributed by atoms with Crippen LogP contribution in [0.5, 0.6) is 0 Å². The molecule has 0 amide bonds. The Labute approximate surface area is 108 Å². The minimum Gasteiger partial charge on any atom is -0.465 e. The lowest BCUT2D eigenvalue weighted by Gasteiger charge is -2.17. The summed E-state index contributed by atoms with van der Waals surface area (Å²) in [7, 11) is -3.63. The molecule has 1 fully saturated rings. The average Bonchev–Trinajstić information content (AvgIpc) is 2.73. The highest BCUT2D eigenvalue weighted by atomic mass is 32.2. The van der Waals surface area contributed by atoms with Crippen LogP contribution < -0.4 is 4.72 Å². The summed E-state index contributed by atoms with van der Waals surface area (Å²) in [5, 5.41) is 9.13. The molecule has 0 aliphatic heterocycles. The number of aliphatic hydroxyl groups is 1. The minimum absolute atomic E-state index is 0.0876. The van der Waals surface area contributed by atoms with E-state index in [4.69, 9.17) is 5.11 Å². The minimum atomic E-state index is -3.63. The topological polar surface area (TPSA) is 92.7 Å². The molecule has 2 unspecified atom stereocenters. The molecule has 0 saturated heterocycles. The van der Waals surface area contributed by atoms with Crippen LogP contribution in [0.2, 0.25) is 0 Å². The number of hydrogen-bond acceptors (Lipinski definition) is 5. The molecule has 0 heterocycles. The van der Waals surface area contributed by atoms with E-state index in [1.54, 1.807) is 6.92 Å². The molecule has 1 aliphatic carbocycles. The zero-order valence-electron chi connectivity index (χ0n) is 10.6. The highest BCUT2D eigenvalue weighted by Crippen LogP contribution is 2.30. The van der Waals surface area contributed by atoms with Gasteiger partial charge >= 0.3 is 5.97 Å². The molecule has 0 aromatic heterocycles. The number of ether oxygens (including phenoxy) is 1. The quantitative estimate of drug-likeness (QED) is 0.634. The number of carbonyl (C=O) groups is 1. The molecule has 1 rings (SSSR count). The van der Waals surface area contributed by atoms with Gasteiger partial charge in [0.25, 0.3) is 0 Å². The van der Waals surface area contributed by atoms with E-state index < -0.39 is 21.7 Å². The molecule has 2 atom stereocenters.